The summed E-state index contributed by atoms with van der Waals surface area (Å²) in [6.07, 6.45) is 3.81. The zero-order valence-electron chi connectivity index (χ0n) is 16.6. The van der Waals surface area contributed by atoms with Crippen molar-refractivity contribution in [2.45, 2.75) is 33.2 Å². The van der Waals surface area contributed by atoms with Gasteiger partial charge in [0.1, 0.15) is 5.69 Å². The van der Waals surface area contributed by atoms with Crippen LogP contribution in [-0.4, -0.2) is 38.2 Å². The van der Waals surface area contributed by atoms with Crippen LogP contribution in [-0.2, 0) is 6.54 Å². The lowest BCUT2D eigenvalue weighted by atomic mass is 10.2. The van der Waals surface area contributed by atoms with Crippen molar-refractivity contribution in [3.8, 4) is 11.5 Å². The molecule has 0 radical (unpaired) electrons. The van der Waals surface area contributed by atoms with Gasteiger partial charge in [-0.2, -0.15) is 0 Å². The SMILES string of the molecule is CCCN(CCC)c1ccnc(C(=O)NCc2ccc(OC)c(OC)c2)c1. The first kappa shape index (κ1) is 20.6. The van der Waals surface area contributed by atoms with E-state index in [1.165, 1.54) is 0 Å². The summed E-state index contributed by atoms with van der Waals surface area (Å²) in [7, 11) is 3.19. The lowest BCUT2D eigenvalue weighted by molar-refractivity contribution is 0.0946. The van der Waals surface area contributed by atoms with E-state index in [1.807, 2.05) is 30.3 Å². The van der Waals surface area contributed by atoms with Crippen LogP contribution in [0.1, 0.15) is 42.7 Å². The third-order valence-electron chi connectivity index (χ3n) is 4.23. The summed E-state index contributed by atoms with van der Waals surface area (Å²) in [6, 6.07) is 9.39. The van der Waals surface area contributed by atoms with Gasteiger partial charge >= 0.3 is 0 Å². The molecule has 0 aliphatic carbocycles. The van der Waals surface area contributed by atoms with Crippen molar-refractivity contribution in [3.05, 3.63) is 47.8 Å². The van der Waals surface area contributed by atoms with Gasteiger partial charge in [0.25, 0.3) is 5.91 Å². The first-order chi connectivity index (χ1) is 13.1. The third-order valence-corrected chi connectivity index (χ3v) is 4.23. The summed E-state index contributed by atoms with van der Waals surface area (Å²) in [6.45, 7) is 6.62. The van der Waals surface area contributed by atoms with Gasteiger partial charge < -0.3 is 19.7 Å². The van der Waals surface area contributed by atoms with Gasteiger partial charge in [0.05, 0.1) is 14.2 Å². The zero-order valence-corrected chi connectivity index (χ0v) is 16.6. The Bertz CT molecular complexity index is 743. The van der Waals surface area contributed by atoms with Crippen LogP contribution in [0.3, 0.4) is 0 Å². The van der Waals surface area contributed by atoms with E-state index in [0.717, 1.165) is 37.2 Å². The minimum absolute atomic E-state index is 0.195. The highest BCUT2D eigenvalue weighted by Gasteiger charge is 2.12. The van der Waals surface area contributed by atoms with Crippen LogP contribution in [0.2, 0.25) is 0 Å². The van der Waals surface area contributed by atoms with E-state index in [-0.39, 0.29) is 5.91 Å². The van der Waals surface area contributed by atoms with E-state index in [2.05, 4.69) is 29.0 Å². The van der Waals surface area contributed by atoms with Gasteiger partial charge in [0, 0.05) is 31.5 Å². The van der Waals surface area contributed by atoms with E-state index in [4.69, 9.17) is 9.47 Å². The Morgan fingerprint density at radius 3 is 2.37 bits per heavy atom. The number of carbonyl (C=O) groups excluding carboxylic acids is 1. The van der Waals surface area contributed by atoms with Gasteiger partial charge in [-0.1, -0.05) is 19.9 Å². The maximum absolute atomic E-state index is 12.5. The van der Waals surface area contributed by atoms with Crippen LogP contribution in [0, 0.1) is 0 Å². The second-order valence-electron chi connectivity index (χ2n) is 6.26. The van der Waals surface area contributed by atoms with E-state index >= 15 is 0 Å². The van der Waals surface area contributed by atoms with Crippen LogP contribution in [0.4, 0.5) is 5.69 Å². The average Bonchev–Trinajstić information content (AvgIpc) is 2.71. The fourth-order valence-corrected chi connectivity index (χ4v) is 2.91. The van der Waals surface area contributed by atoms with Gasteiger partial charge in [-0.25, -0.2) is 0 Å². The minimum Gasteiger partial charge on any atom is -0.493 e. The molecule has 0 saturated heterocycles. The zero-order chi connectivity index (χ0) is 19.6. The molecule has 6 nitrogen and oxygen atoms in total. The molecule has 0 bridgehead atoms. The summed E-state index contributed by atoms with van der Waals surface area (Å²) >= 11 is 0. The molecule has 0 spiro atoms. The molecule has 0 fully saturated rings. The van der Waals surface area contributed by atoms with Crippen molar-refractivity contribution < 1.29 is 14.3 Å². The van der Waals surface area contributed by atoms with Crippen molar-refractivity contribution in [1.29, 1.82) is 0 Å². The predicted molar refractivity (Wildman–Crippen MR) is 108 cm³/mol. The monoisotopic (exact) mass is 371 g/mol. The Morgan fingerprint density at radius 1 is 1.04 bits per heavy atom. The molecule has 0 aliphatic heterocycles. The van der Waals surface area contributed by atoms with Gasteiger partial charge in [0.2, 0.25) is 0 Å². The second kappa shape index (κ2) is 10.4. The summed E-state index contributed by atoms with van der Waals surface area (Å²) in [5, 5.41) is 2.92. The number of amides is 1. The molecule has 0 unspecified atom stereocenters. The lowest BCUT2D eigenvalue weighted by Gasteiger charge is -2.23. The number of rotatable bonds is 10. The molecule has 1 N–H and O–H groups in total. The summed E-state index contributed by atoms with van der Waals surface area (Å²) in [4.78, 5) is 19.1. The smallest absolute Gasteiger partial charge is 0.270 e. The number of pyridine rings is 1. The largest absolute Gasteiger partial charge is 0.493 e. The number of methoxy groups -OCH3 is 2. The minimum atomic E-state index is -0.195. The highest BCUT2D eigenvalue weighted by Crippen LogP contribution is 2.27. The first-order valence-electron chi connectivity index (χ1n) is 9.33. The van der Waals surface area contributed by atoms with E-state index in [9.17, 15) is 4.79 Å². The molecule has 1 amide bonds. The molecule has 1 heterocycles. The Balaban J connectivity index is 2.06. The Kier molecular flexibility index (Phi) is 7.92. The molecular formula is C21H29N3O3. The van der Waals surface area contributed by atoms with Gasteiger partial charge in [-0.15, -0.1) is 0 Å². The number of nitrogens with one attached hydrogen (secondary N) is 1. The van der Waals surface area contributed by atoms with Crippen LogP contribution in [0.5, 0.6) is 11.5 Å². The number of carbonyl (C=O) groups is 1. The van der Waals surface area contributed by atoms with Crippen LogP contribution in [0.15, 0.2) is 36.5 Å². The molecule has 0 aliphatic rings. The van der Waals surface area contributed by atoms with Gasteiger partial charge in [-0.3, -0.25) is 9.78 Å². The third kappa shape index (κ3) is 5.61. The lowest BCUT2D eigenvalue weighted by Crippen LogP contribution is -2.27. The van der Waals surface area contributed by atoms with E-state index in [0.29, 0.717) is 23.7 Å². The predicted octanol–water partition coefficient (Wildman–Crippen LogP) is 3.66. The number of nitrogens with zero attached hydrogens (tertiary/aromatic N) is 2. The highest BCUT2D eigenvalue weighted by molar-refractivity contribution is 5.93. The highest BCUT2D eigenvalue weighted by atomic mass is 16.5. The Labute approximate surface area is 161 Å². The maximum atomic E-state index is 12.5. The fraction of sp³-hybridized carbons (Fsp3) is 0.429. The molecule has 27 heavy (non-hydrogen) atoms. The first-order valence-corrected chi connectivity index (χ1v) is 9.33. The van der Waals surface area contributed by atoms with Gasteiger partial charge in [0.15, 0.2) is 11.5 Å². The number of hydrogen-bond acceptors (Lipinski definition) is 5. The Morgan fingerprint density at radius 2 is 1.74 bits per heavy atom. The summed E-state index contributed by atoms with van der Waals surface area (Å²) < 4.78 is 10.5. The number of anilines is 1. The maximum Gasteiger partial charge on any atom is 0.270 e. The number of hydrogen-bond donors (Lipinski definition) is 1. The average molecular weight is 371 g/mol. The van der Waals surface area contributed by atoms with E-state index in [1.54, 1.807) is 20.4 Å². The summed E-state index contributed by atoms with van der Waals surface area (Å²) in [5.74, 6) is 1.10. The molecular weight excluding hydrogens is 342 g/mol. The number of ether oxygens (including phenoxy) is 2. The molecule has 1 aromatic heterocycles. The molecule has 2 aromatic rings. The second-order valence-corrected chi connectivity index (χ2v) is 6.26. The van der Waals surface area contributed by atoms with Crippen LogP contribution < -0.4 is 19.7 Å². The molecule has 1 aromatic carbocycles. The molecule has 0 atom stereocenters. The standard InChI is InChI=1S/C21H29N3O3/c1-5-11-24(12-6-2)17-9-10-22-18(14-17)21(25)23-15-16-7-8-19(26-3)20(13-16)27-4/h7-10,13-14H,5-6,11-12,15H2,1-4H3,(H,23,25). The van der Waals surface area contributed by atoms with Crippen molar-refractivity contribution in [2.24, 2.45) is 0 Å². The molecule has 6 heteroatoms. The normalized spacial score (nSPS) is 10.4. The van der Waals surface area contributed by atoms with Crippen molar-refractivity contribution >= 4 is 11.6 Å². The number of aromatic nitrogens is 1. The topological polar surface area (TPSA) is 63.7 Å². The molecule has 0 saturated carbocycles. The van der Waals surface area contributed by atoms with Crippen LogP contribution in [0.25, 0.3) is 0 Å². The molecule has 146 valence electrons. The Hall–Kier alpha value is -2.76. The van der Waals surface area contributed by atoms with Crippen LogP contribution >= 0.6 is 0 Å². The van der Waals surface area contributed by atoms with Crippen molar-refractivity contribution in [3.63, 3.8) is 0 Å². The number of benzene rings is 1. The van der Waals surface area contributed by atoms with Crippen molar-refractivity contribution in [2.75, 3.05) is 32.2 Å². The van der Waals surface area contributed by atoms with Gasteiger partial charge in [-0.05, 0) is 42.7 Å². The molecule has 2 rings (SSSR count). The fourth-order valence-electron chi connectivity index (χ4n) is 2.91. The van der Waals surface area contributed by atoms with Crippen molar-refractivity contribution in [1.82, 2.24) is 10.3 Å². The van der Waals surface area contributed by atoms with E-state index < -0.39 is 0 Å². The quantitative estimate of drug-likeness (QED) is 0.691. The summed E-state index contributed by atoms with van der Waals surface area (Å²) in [5.41, 5.74) is 2.38.